The number of ether oxygens (including phenoxy) is 1. The quantitative estimate of drug-likeness (QED) is 0.725. The Bertz CT molecular complexity index is 300. The van der Waals surface area contributed by atoms with Crippen LogP contribution >= 0.6 is 0 Å². The molecule has 66 valence electrons. The van der Waals surface area contributed by atoms with Crippen molar-refractivity contribution >= 4 is 0 Å². The molecule has 0 fully saturated rings. The average Bonchev–Trinajstić information content (AvgIpc) is 2.03. The van der Waals surface area contributed by atoms with Gasteiger partial charge in [-0.05, 0) is 0 Å². The summed E-state index contributed by atoms with van der Waals surface area (Å²) >= 11 is 0. The van der Waals surface area contributed by atoms with Crippen LogP contribution in [0.3, 0.4) is 0 Å². The number of H-pyrrole nitrogens is 1. The zero-order valence-corrected chi connectivity index (χ0v) is 5.96. The zero-order chi connectivity index (χ0) is 8.97. The lowest BCUT2D eigenvalue weighted by Crippen LogP contribution is -2.15. The van der Waals surface area contributed by atoms with Crippen LogP contribution in [0.1, 0.15) is 0 Å². The van der Waals surface area contributed by atoms with E-state index in [2.05, 4.69) is 14.7 Å². The highest BCUT2D eigenvalue weighted by atomic mass is 19.3. The molecule has 1 aromatic rings. The SMILES string of the molecule is O=c1[nH]cncc1OCC(F)F. The monoisotopic (exact) mass is 176 g/mol. The molecule has 0 unspecified atom stereocenters. The molecule has 12 heavy (non-hydrogen) atoms. The third-order valence-corrected chi connectivity index (χ3v) is 1.05. The smallest absolute Gasteiger partial charge is 0.293 e. The van der Waals surface area contributed by atoms with E-state index in [0.717, 1.165) is 12.5 Å². The van der Waals surface area contributed by atoms with E-state index in [1.54, 1.807) is 0 Å². The van der Waals surface area contributed by atoms with E-state index < -0.39 is 18.6 Å². The molecule has 1 N–H and O–H groups in total. The van der Waals surface area contributed by atoms with E-state index in [-0.39, 0.29) is 5.75 Å². The van der Waals surface area contributed by atoms with Crippen molar-refractivity contribution in [1.82, 2.24) is 9.97 Å². The van der Waals surface area contributed by atoms with Crippen LogP contribution in [0, 0.1) is 0 Å². The molecule has 0 bridgehead atoms. The number of hydrogen-bond donors (Lipinski definition) is 1. The van der Waals surface area contributed by atoms with Crippen LogP contribution in [0.25, 0.3) is 0 Å². The molecule has 1 aromatic heterocycles. The third-order valence-electron chi connectivity index (χ3n) is 1.05. The lowest BCUT2D eigenvalue weighted by Gasteiger charge is -2.01. The summed E-state index contributed by atoms with van der Waals surface area (Å²) in [7, 11) is 0. The lowest BCUT2D eigenvalue weighted by molar-refractivity contribution is 0.0809. The molecule has 0 radical (unpaired) electrons. The first-order valence-corrected chi connectivity index (χ1v) is 3.14. The van der Waals surface area contributed by atoms with Crippen molar-refractivity contribution in [3.63, 3.8) is 0 Å². The fourth-order valence-corrected chi connectivity index (χ4v) is 0.586. The first-order chi connectivity index (χ1) is 5.70. The predicted molar refractivity (Wildman–Crippen MR) is 36.4 cm³/mol. The van der Waals surface area contributed by atoms with E-state index in [4.69, 9.17) is 0 Å². The molecule has 0 saturated carbocycles. The van der Waals surface area contributed by atoms with E-state index in [1.165, 1.54) is 0 Å². The Balaban J connectivity index is 2.64. The van der Waals surface area contributed by atoms with Crippen LogP contribution in [-0.2, 0) is 0 Å². The second-order valence-electron chi connectivity index (χ2n) is 1.95. The van der Waals surface area contributed by atoms with Gasteiger partial charge in [-0.25, -0.2) is 13.8 Å². The maximum absolute atomic E-state index is 11.6. The van der Waals surface area contributed by atoms with Crippen LogP contribution in [0.2, 0.25) is 0 Å². The highest BCUT2D eigenvalue weighted by molar-refractivity contribution is 5.10. The predicted octanol–water partition coefficient (Wildman–Crippen LogP) is 0.414. The van der Waals surface area contributed by atoms with E-state index >= 15 is 0 Å². The van der Waals surface area contributed by atoms with Gasteiger partial charge in [0.25, 0.3) is 12.0 Å². The van der Waals surface area contributed by atoms with Gasteiger partial charge in [0, 0.05) is 0 Å². The molecule has 6 heteroatoms. The Morgan fingerprint density at radius 3 is 3.00 bits per heavy atom. The van der Waals surface area contributed by atoms with Crippen LogP contribution < -0.4 is 10.3 Å². The van der Waals surface area contributed by atoms with Gasteiger partial charge in [-0.2, -0.15) is 0 Å². The maximum atomic E-state index is 11.6. The standard InChI is InChI=1S/C6H6F2N2O2/c7-5(8)2-12-4-1-9-3-10-6(4)11/h1,3,5H,2H2,(H,9,10,11). The number of halogens is 2. The Hall–Kier alpha value is -1.46. The number of aromatic nitrogens is 2. The summed E-state index contributed by atoms with van der Waals surface area (Å²) in [5.74, 6) is -0.196. The van der Waals surface area contributed by atoms with Gasteiger partial charge in [0.1, 0.15) is 6.61 Å². The number of aromatic amines is 1. The van der Waals surface area contributed by atoms with E-state index in [0.29, 0.717) is 0 Å². The normalized spacial score (nSPS) is 10.2. The molecule has 0 spiro atoms. The summed E-state index contributed by atoms with van der Waals surface area (Å²) < 4.78 is 27.6. The number of nitrogens with one attached hydrogen (secondary N) is 1. The summed E-state index contributed by atoms with van der Waals surface area (Å²) in [6.07, 6.45) is -0.358. The van der Waals surface area contributed by atoms with Crippen molar-refractivity contribution in [1.29, 1.82) is 0 Å². The van der Waals surface area contributed by atoms with Crippen LogP contribution in [0.4, 0.5) is 8.78 Å². The van der Waals surface area contributed by atoms with Crippen molar-refractivity contribution in [3.8, 4) is 5.75 Å². The van der Waals surface area contributed by atoms with Gasteiger partial charge in [0.05, 0.1) is 12.5 Å². The minimum atomic E-state index is -2.59. The Labute approximate surface area is 66.2 Å². The second-order valence-corrected chi connectivity index (χ2v) is 1.95. The Morgan fingerprint density at radius 2 is 2.42 bits per heavy atom. The lowest BCUT2D eigenvalue weighted by atomic mass is 10.6. The highest BCUT2D eigenvalue weighted by Crippen LogP contribution is 2.00. The minimum absolute atomic E-state index is 0.196. The Morgan fingerprint density at radius 1 is 1.67 bits per heavy atom. The van der Waals surface area contributed by atoms with Crippen molar-refractivity contribution in [2.45, 2.75) is 6.43 Å². The molecule has 0 saturated heterocycles. The van der Waals surface area contributed by atoms with Gasteiger partial charge in [-0.1, -0.05) is 0 Å². The molecule has 1 rings (SSSR count). The minimum Gasteiger partial charge on any atom is -0.481 e. The fourth-order valence-electron chi connectivity index (χ4n) is 0.586. The van der Waals surface area contributed by atoms with Gasteiger partial charge in [-0.3, -0.25) is 4.79 Å². The highest BCUT2D eigenvalue weighted by Gasteiger charge is 2.05. The van der Waals surface area contributed by atoms with Crippen LogP contribution in [-0.4, -0.2) is 23.0 Å². The van der Waals surface area contributed by atoms with Gasteiger partial charge >= 0.3 is 0 Å². The van der Waals surface area contributed by atoms with Crippen molar-refractivity contribution < 1.29 is 13.5 Å². The number of hydrogen-bond acceptors (Lipinski definition) is 3. The fraction of sp³-hybridized carbons (Fsp3) is 0.333. The van der Waals surface area contributed by atoms with Gasteiger partial charge in [0.15, 0.2) is 0 Å². The summed E-state index contributed by atoms with van der Waals surface area (Å²) in [5.41, 5.74) is -0.564. The molecule has 4 nitrogen and oxygen atoms in total. The molecule has 0 aliphatic rings. The van der Waals surface area contributed by atoms with Crippen molar-refractivity contribution in [2.75, 3.05) is 6.61 Å². The van der Waals surface area contributed by atoms with Gasteiger partial charge in [-0.15, -0.1) is 0 Å². The largest absolute Gasteiger partial charge is 0.481 e. The first-order valence-electron chi connectivity index (χ1n) is 3.14. The van der Waals surface area contributed by atoms with Crippen molar-refractivity contribution in [2.24, 2.45) is 0 Å². The number of nitrogens with zero attached hydrogens (tertiary/aromatic N) is 1. The molecule has 0 aliphatic carbocycles. The van der Waals surface area contributed by atoms with Gasteiger partial charge in [0.2, 0.25) is 5.75 Å². The maximum Gasteiger partial charge on any atom is 0.293 e. The number of rotatable bonds is 3. The molecule has 0 amide bonds. The zero-order valence-electron chi connectivity index (χ0n) is 5.96. The van der Waals surface area contributed by atoms with Gasteiger partial charge < -0.3 is 9.72 Å². The van der Waals surface area contributed by atoms with E-state index in [9.17, 15) is 13.6 Å². The summed E-state index contributed by atoms with van der Waals surface area (Å²) in [6.45, 7) is -0.797. The van der Waals surface area contributed by atoms with Crippen molar-refractivity contribution in [3.05, 3.63) is 22.9 Å². The second kappa shape index (κ2) is 3.80. The molecule has 0 atom stereocenters. The summed E-state index contributed by atoms with van der Waals surface area (Å²) in [5, 5.41) is 0. The summed E-state index contributed by atoms with van der Waals surface area (Å²) in [4.78, 5) is 16.5. The Kier molecular flexibility index (Phi) is 2.73. The van der Waals surface area contributed by atoms with Crippen LogP contribution in [0.15, 0.2) is 17.3 Å². The molecular weight excluding hydrogens is 170 g/mol. The average molecular weight is 176 g/mol. The molecule has 1 heterocycles. The van der Waals surface area contributed by atoms with Crippen LogP contribution in [0.5, 0.6) is 5.75 Å². The summed E-state index contributed by atoms with van der Waals surface area (Å²) in [6, 6.07) is 0. The third kappa shape index (κ3) is 2.30. The topological polar surface area (TPSA) is 55.0 Å². The van der Waals surface area contributed by atoms with E-state index in [1.807, 2.05) is 0 Å². The number of alkyl halides is 2. The first kappa shape index (κ1) is 8.63. The molecule has 0 aromatic carbocycles. The molecular formula is C6H6F2N2O2. The molecule has 0 aliphatic heterocycles.